The van der Waals surface area contributed by atoms with Gasteiger partial charge in [-0.15, -0.1) is 0 Å². The van der Waals surface area contributed by atoms with Crippen molar-refractivity contribution in [1.82, 2.24) is 0 Å². The Balaban J connectivity index is 0.000000176. The van der Waals surface area contributed by atoms with Crippen molar-refractivity contribution in [3.63, 3.8) is 0 Å². The monoisotopic (exact) mass is 596 g/mol. The minimum Gasteiger partial charge on any atom is -0.372 e. The van der Waals surface area contributed by atoms with Crippen molar-refractivity contribution in [3.8, 4) is 0 Å². The highest BCUT2D eigenvalue weighted by Gasteiger charge is 2.17. The fourth-order valence-corrected chi connectivity index (χ4v) is 7.02. The van der Waals surface area contributed by atoms with Crippen molar-refractivity contribution in [2.45, 2.75) is 149 Å². The van der Waals surface area contributed by atoms with Crippen LogP contribution < -0.4 is 4.90 Å². The standard InChI is InChI=1S/C15H22.C14H21N.C12H16.C2H6/c1-12(2)14-9-6-10-15(11-14)13-7-4-3-5-8-13;1-12(2)13-7-6-8-14(11-13)15-9-4-3-5-10-15;1-10-5-4-8-12(9-10)11-6-2-3-7-11;1-2/h6,9-13H,3-5,7-8H2,1-2H3;6-8,11-12H,3-5,9-10H2,1-2H3;4-5,8-9,11H,2-3,6-7H2,1H3;1-2H3. The van der Waals surface area contributed by atoms with E-state index >= 15 is 0 Å². The molecular formula is C43H65N. The molecule has 3 aromatic rings. The van der Waals surface area contributed by atoms with E-state index in [2.05, 4.69) is 112 Å². The Labute approximate surface area is 272 Å². The van der Waals surface area contributed by atoms with Crippen LogP contribution in [0, 0.1) is 6.92 Å². The van der Waals surface area contributed by atoms with Crippen molar-refractivity contribution >= 4 is 5.69 Å². The van der Waals surface area contributed by atoms with Crippen molar-refractivity contribution in [2.24, 2.45) is 0 Å². The summed E-state index contributed by atoms with van der Waals surface area (Å²) in [5.41, 5.74) is 8.92. The highest BCUT2D eigenvalue weighted by molar-refractivity contribution is 5.49. The van der Waals surface area contributed by atoms with Crippen molar-refractivity contribution in [2.75, 3.05) is 18.0 Å². The summed E-state index contributed by atoms with van der Waals surface area (Å²) in [5, 5.41) is 0. The zero-order valence-corrected chi connectivity index (χ0v) is 29.6. The van der Waals surface area contributed by atoms with E-state index in [4.69, 9.17) is 0 Å². The van der Waals surface area contributed by atoms with E-state index in [-0.39, 0.29) is 0 Å². The van der Waals surface area contributed by atoms with Crippen LogP contribution in [0.4, 0.5) is 5.69 Å². The average Bonchev–Trinajstić information content (AvgIpc) is 3.63. The second-order valence-electron chi connectivity index (χ2n) is 13.9. The Morgan fingerprint density at radius 3 is 1.52 bits per heavy atom. The van der Waals surface area contributed by atoms with Crippen LogP contribution in [-0.2, 0) is 0 Å². The Morgan fingerprint density at radius 2 is 0.977 bits per heavy atom. The van der Waals surface area contributed by atoms with Crippen LogP contribution in [0.15, 0.2) is 72.8 Å². The number of piperidine rings is 1. The summed E-state index contributed by atoms with van der Waals surface area (Å²) < 4.78 is 0. The molecule has 2 aliphatic carbocycles. The van der Waals surface area contributed by atoms with Gasteiger partial charge in [-0.25, -0.2) is 0 Å². The largest absolute Gasteiger partial charge is 0.372 e. The smallest absolute Gasteiger partial charge is 0.0369 e. The van der Waals surface area contributed by atoms with Crippen LogP contribution in [0.3, 0.4) is 0 Å². The number of anilines is 1. The van der Waals surface area contributed by atoms with E-state index in [1.165, 1.54) is 113 Å². The maximum absolute atomic E-state index is 2.52. The van der Waals surface area contributed by atoms with Crippen molar-refractivity contribution < 1.29 is 0 Å². The molecule has 0 N–H and O–H groups in total. The number of hydrogen-bond acceptors (Lipinski definition) is 1. The summed E-state index contributed by atoms with van der Waals surface area (Å²) in [6, 6.07) is 27.3. The molecule has 44 heavy (non-hydrogen) atoms. The van der Waals surface area contributed by atoms with Gasteiger partial charge in [0, 0.05) is 18.8 Å². The quantitative estimate of drug-likeness (QED) is 0.283. The molecule has 1 aliphatic heterocycles. The zero-order chi connectivity index (χ0) is 31.7. The second kappa shape index (κ2) is 19.8. The van der Waals surface area contributed by atoms with Gasteiger partial charge in [0.25, 0.3) is 0 Å². The van der Waals surface area contributed by atoms with Gasteiger partial charge in [0.2, 0.25) is 0 Å². The topological polar surface area (TPSA) is 3.24 Å². The lowest BCUT2D eigenvalue weighted by Gasteiger charge is -2.29. The first-order valence-corrected chi connectivity index (χ1v) is 18.4. The molecule has 242 valence electrons. The fraction of sp³-hybridized carbons (Fsp3) is 0.581. The molecule has 1 saturated heterocycles. The first kappa shape index (κ1) is 35.9. The van der Waals surface area contributed by atoms with Crippen molar-refractivity contribution in [3.05, 3.63) is 101 Å². The molecule has 0 spiro atoms. The predicted molar refractivity (Wildman–Crippen MR) is 197 cm³/mol. The maximum Gasteiger partial charge on any atom is 0.0369 e. The summed E-state index contributed by atoms with van der Waals surface area (Å²) in [4.78, 5) is 2.52. The first-order chi connectivity index (χ1) is 21.4. The van der Waals surface area contributed by atoms with Gasteiger partial charge in [-0.2, -0.15) is 0 Å². The van der Waals surface area contributed by atoms with Crippen LogP contribution >= 0.6 is 0 Å². The van der Waals surface area contributed by atoms with Crippen LogP contribution in [0.1, 0.15) is 170 Å². The van der Waals surface area contributed by atoms with Gasteiger partial charge < -0.3 is 4.90 Å². The van der Waals surface area contributed by atoms with Crippen LogP contribution in [0.25, 0.3) is 0 Å². The van der Waals surface area contributed by atoms with Gasteiger partial charge in [0.05, 0.1) is 0 Å². The van der Waals surface area contributed by atoms with E-state index in [1.54, 1.807) is 11.1 Å². The molecule has 0 unspecified atom stereocenters. The molecule has 3 aliphatic rings. The van der Waals surface area contributed by atoms with E-state index in [0.717, 1.165) is 11.8 Å². The Bertz CT molecular complexity index is 1110. The molecule has 0 atom stereocenters. The molecule has 0 bridgehead atoms. The lowest BCUT2D eigenvalue weighted by Crippen LogP contribution is -2.29. The average molecular weight is 596 g/mol. The van der Waals surface area contributed by atoms with Crippen molar-refractivity contribution in [1.29, 1.82) is 0 Å². The lowest BCUT2D eigenvalue weighted by atomic mass is 9.83. The summed E-state index contributed by atoms with van der Waals surface area (Å²) in [6.07, 6.45) is 16.9. The lowest BCUT2D eigenvalue weighted by molar-refractivity contribution is 0.443. The third-order valence-electron chi connectivity index (χ3n) is 9.78. The number of nitrogens with zero attached hydrogens (tertiary/aromatic N) is 1. The number of benzene rings is 3. The highest BCUT2D eigenvalue weighted by Crippen LogP contribution is 2.35. The first-order valence-electron chi connectivity index (χ1n) is 18.4. The number of rotatable bonds is 5. The molecular weight excluding hydrogens is 530 g/mol. The summed E-state index contributed by atoms with van der Waals surface area (Å²) in [6.45, 7) is 17.7. The van der Waals surface area contributed by atoms with Gasteiger partial charge in [-0.3, -0.25) is 0 Å². The van der Waals surface area contributed by atoms with Gasteiger partial charge in [0.15, 0.2) is 0 Å². The third kappa shape index (κ3) is 11.8. The minimum atomic E-state index is 0.634. The van der Waals surface area contributed by atoms with Crippen LogP contribution in [0.5, 0.6) is 0 Å². The maximum atomic E-state index is 2.52. The Morgan fingerprint density at radius 1 is 0.523 bits per heavy atom. The Kier molecular flexibility index (Phi) is 16.1. The highest BCUT2D eigenvalue weighted by atomic mass is 15.1. The molecule has 3 aromatic carbocycles. The third-order valence-corrected chi connectivity index (χ3v) is 9.78. The number of aryl methyl sites for hydroxylation is 1. The van der Waals surface area contributed by atoms with Gasteiger partial charge in [0.1, 0.15) is 0 Å². The van der Waals surface area contributed by atoms with E-state index in [9.17, 15) is 0 Å². The fourth-order valence-electron chi connectivity index (χ4n) is 7.02. The molecule has 0 amide bonds. The minimum absolute atomic E-state index is 0.634. The van der Waals surface area contributed by atoms with Gasteiger partial charge >= 0.3 is 0 Å². The van der Waals surface area contributed by atoms with E-state index < -0.39 is 0 Å². The summed E-state index contributed by atoms with van der Waals surface area (Å²) in [5.74, 6) is 3.01. The SMILES string of the molecule is CC.CC(C)c1cccc(C2CCCCC2)c1.CC(C)c1cccc(N2CCCCC2)c1.Cc1cccc(C2CCCC2)c1. The molecule has 3 fully saturated rings. The second-order valence-corrected chi connectivity index (χ2v) is 13.9. The molecule has 1 nitrogen and oxygen atoms in total. The van der Waals surface area contributed by atoms with Crippen LogP contribution in [-0.4, -0.2) is 13.1 Å². The molecule has 1 heterocycles. The number of hydrogen-bond donors (Lipinski definition) is 0. The summed E-state index contributed by atoms with van der Waals surface area (Å²) in [7, 11) is 0. The van der Waals surface area contributed by atoms with E-state index in [1.807, 2.05) is 13.8 Å². The Hall–Kier alpha value is -2.54. The van der Waals surface area contributed by atoms with E-state index in [0.29, 0.717) is 11.8 Å². The van der Waals surface area contributed by atoms with Gasteiger partial charge in [-0.1, -0.05) is 140 Å². The molecule has 2 saturated carbocycles. The van der Waals surface area contributed by atoms with Crippen LogP contribution in [0.2, 0.25) is 0 Å². The summed E-state index contributed by atoms with van der Waals surface area (Å²) >= 11 is 0. The molecule has 6 rings (SSSR count). The molecule has 0 radical (unpaired) electrons. The molecule has 0 aromatic heterocycles. The zero-order valence-electron chi connectivity index (χ0n) is 29.6. The predicted octanol–water partition coefficient (Wildman–Crippen LogP) is 13.3. The van der Waals surface area contributed by atoms with Gasteiger partial charge in [-0.05, 0) is 110 Å². The normalized spacial score (nSPS) is 17.2. The molecule has 1 heteroatoms.